The molecule has 9 heteroatoms. The van der Waals surface area contributed by atoms with Crippen LogP contribution in [0.25, 0.3) is 22.2 Å². The van der Waals surface area contributed by atoms with Gasteiger partial charge in [-0.1, -0.05) is 6.58 Å². The zero-order chi connectivity index (χ0) is 21.4. The molecule has 0 spiro atoms. The highest BCUT2D eigenvalue weighted by Crippen LogP contribution is 2.42. The molecule has 1 aliphatic heterocycles. The summed E-state index contributed by atoms with van der Waals surface area (Å²) >= 11 is 0. The molecule has 158 valence electrons. The van der Waals surface area contributed by atoms with Gasteiger partial charge in [0.15, 0.2) is 0 Å². The Hall–Kier alpha value is -3.20. The predicted octanol–water partition coefficient (Wildman–Crippen LogP) is 1.48. The van der Waals surface area contributed by atoms with Gasteiger partial charge in [-0.25, -0.2) is 9.97 Å². The first-order valence-corrected chi connectivity index (χ1v) is 10.1. The van der Waals surface area contributed by atoms with E-state index in [2.05, 4.69) is 37.3 Å². The van der Waals surface area contributed by atoms with Crippen LogP contribution >= 0.6 is 0 Å². The van der Waals surface area contributed by atoms with Crippen LogP contribution in [-0.2, 0) is 18.4 Å². The molecular formula is C21H28N8O. The number of aromatic nitrogens is 5. The number of likely N-dealkylation sites (tertiary alicyclic amines) is 1. The molecule has 4 heterocycles. The second kappa shape index (κ2) is 7.91. The number of carbonyl (C=O) groups excluding carboxylic acids is 1. The van der Waals surface area contributed by atoms with Crippen LogP contribution in [0.1, 0.15) is 18.0 Å². The number of rotatable bonds is 6. The average molecular weight is 409 g/mol. The zero-order valence-corrected chi connectivity index (χ0v) is 17.7. The maximum Gasteiger partial charge on any atom is 0.245 e. The third-order valence-corrected chi connectivity index (χ3v) is 5.80. The molecule has 9 nitrogen and oxygen atoms in total. The third kappa shape index (κ3) is 3.45. The van der Waals surface area contributed by atoms with Crippen LogP contribution in [0.3, 0.4) is 0 Å². The van der Waals surface area contributed by atoms with Crippen molar-refractivity contribution >= 4 is 22.8 Å². The van der Waals surface area contributed by atoms with Gasteiger partial charge in [0.1, 0.15) is 17.8 Å². The van der Waals surface area contributed by atoms with E-state index in [1.807, 2.05) is 36.9 Å². The first-order valence-electron chi connectivity index (χ1n) is 10.1. The molecule has 1 fully saturated rings. The largest absolute Gasteiger partial charge is 0.383 e. The fraction of sp³-hybridized carbons (Fsp3) is 0.429. The lowest BCUT2D eigenvalue weighted by molar-refractivity contribution is -0.125. The van der Waals surface area contributed by atoms with Gasteiger partial charge < -0.3 is 20.1 Å². The van der Waals surface area contributed by atoms with Crippen LogP contribution in [0, 0.1) is 0 Å². The summed E-state index contributed by atoms with van der Waals surface area (Å²) in [5.74, 6) is 0.594. The van der Waals surface area contributed by atoms with E-state index in [0.29, 0.717) is 18.9 Å². The van der Waals surface area contributed by atoms with Gasteiger partial charge in [-0.15, -0.1) is 0 Å². The molecule has 0 aliphatic carbocycles. The van der Waals surface area contributed by atoms with E-state index in [1.54, 1.807) is 0 Å². The number of nitrogens with zero attached hydrogens (tertiary/aromatic N) is 7. The quantitative estimate of drug-likeness (QED) is 0.621. The Morgan fingerprint density at radius 1 is 1.40 bits per heavy atom. The van der Waals surface area contributed by atoms with E-state index in [-0.39, 0.29) is 11.8 Å². The zero-order valence-electron chi connectivity index (χ0n) is 17.7. The van der Waals surface area contributed by atoms with Crippen molar-refractivity contribution in [1.82, 2.24) is 34.1 Å². The van der Waals surface area contributed by atoms with Crippen molar-refractivity contribution in [3.05, 3.63) is 37.1 Å². The minimum atomic E-state index is -0.0337. The molecule has 1 aliphatic rings. The fourth-order valence-corrected chi connectivity index (χ4v) is 4.29. The monoisotopic (exact) mass is 408 g/mol. The summed E-state index contributed by atoms with van der Waals surface area (Å²) in [6, 6.07) is 0. The molecular weight excluding hydrogens is 380 g/mol. The number of fused-ring (bicyclic) bond motifs is 1. The SMILES string of the molecule is C=CC(=O)N1CCC(c2c(-c3cnn(CCN(C)C)c3)c3c(N)ncnc3n2C)C1. The van der Waals surface area contributed by atoms with Crippen molar-refractivity contribution in [2.45, 2.75) is 18.9 Å². The van der Waals surface area contributed by atoms with Crippen molar-refractivity contribution in [1.29, 1.82) is 0 Å². The number of amides is 1. The molecule has 30 heavy (non-hydrogen) atoms. The Kier molecular flexibility index (Phi) is 5.29. The van der Waals surface area contributed by atoms with E-state index in [9.17, 15) is 4.79 Å². The smallest absolute Gasteiger partial charge is 0.245 e. The van der Waals surface area contributed by atoms with Gasteiger partial charge in [-0.2, -0.15) is 5.10 Å². The lowest BCUT2D eigenvalue weighted by Crippen LogP contribution is -2.26. The highest BCUT2D eigenvalue weighted by molar-refractivity contribution is 6.02. The second-order valence-corrected chi connectivity index (χ2v) is 8.05. The molecule has 1 unspecified atom stereocenters. The number of likely N-dealkylation sites (N-methyl/N-ethyl adjacent to an activating group) is 1. The van der Waals surface area contributed by atoms with Gasteiger partial charge in [0, 0.05) is 55.6 Å². The molecule has 1 atom stereocenters. The molecule has 4 rings (SSSR count). The van der Waals surface area contributed by atoms with Gasteiger partial charge in [-0.05, 0) is 26.6 Å². The summed E-state index contributed by atoms with van der Waals surface area (Å²) in [4.78, 5) is 24.8. The van der Waals surface area contributed by atoms with Crippen molar-refractivity contribution in [2.24, 2.45) is 7.05 Å². The van der Waals surface area contributed by atoms with Gasteiger partial charge in [0.2, 0.25) is 5.91 Å². The number of hydrogen-bond donors (Lipinski definition) is 1. The van der Waals surface area contributed by atoms with E-state index in [1.165, 1.54) is 12.4 Å². The summed E-state index contributed by atoms with van der Waals surface area (Å²) < 4.78 is 4.03. The lowest BCUT2D eigenvalue weighted by Gasteiger charge is -2.16. The van der Waals surface area contributed by atoms with Gasteiger partial charge in [-0.3, -0.25) is 9.48 Å². The molecule has 1 amide bonds. The molecule has 0 aromatic carbocycles. The molecule has 0 bridgehead atoms. The summed E-state index contributed by atoms with van der Waals surface area (Å²) in [6.45, 7) is 6.66. The third-order valence-electron chi connectivity index (χ3n) is 5.80. The molecule has 1 saturated heterocycles. The highest BCUT2D eigenvalue weighted by atomic mass is 16.2. The van der Waals surface area contributed by atoms with Crippen molar-refractivity contribution in [3.8, 4) is 11.1 Å². The highest BCUT2D eigenvalue weighted by Gasteiger charge is 2.32. The molecule has 0 radical (unpaired) electrons. The van der Waals surface area contributed by atoms with E-state index in [4.69, 9.17) is 5.73 Å². The number of aryl methyl sites for hydroxylation is 1. The Bertz CT molecular complexity index is 1100. The maximum absolute atomic E-state index is 12.1. The van der Waals surface area contributed by atoms with Gasteiger partial charge in [0.05, 0.1) is 18.1 Å². The first kappa shape index (κ1) is 20.1. The van der Waals surface area contributed by atoms with Crippen molar-refractivity contribution in [2.75, 3.05) is 39.5 Å². The van der Waals surface area contributed by atoms with Crippen LogP contribution in [-0.4, -0.2) is 73.8 Å². The minimum absolute atomic E-state index is 0.0337. The number of anilines is 1. The van der Waals surface area contributed by atoms with Crippen LogP contribution in [0.5, 0.6) is 0 Å². The minimum Gasteiger partial charge on any atom is -0.383 e. The molecule has 2 N–H and O–H groups in total. The molecule has 3 aromatic heterocycles. The predicted molar refractivity (Wildman–Crippen MR) is 117 cm³/mol. The lowest BCUT2D eigenvalue weighted by atomic mass is 9.96. The average Bonchev–Trinajstić information content (AvgIpc) is 3.44. The van der Waals surface area contributed by atoms with Gasteiger partial charge in [0.25, 0.3) is 0 Å². The van der Waals surface area contributed by atoms with Crippen LogP contribution in [0.4, 0.5) is 5.82 Å². The summed E-state index contributed by atoms with van der Waals surface area (Å²) in [5, 5.41) is 5.40. The summed E-state index contributed by atoms with van der Waals surface area (Å²) in [6.07, 6.45) is 7.67. The number of nitrogen functional groups attached to an aromatic ring is 1. The van der Waals surface area contributed by atoms with Crippen LogP contribution < -0.4 is 5.73 Å². The van der Waals surface area contributed by atoms with E-state index < -0.39 is 0 Å². The van der Waals surface area contributed by atoms with Crippen LogP contribution in [0.2, 0.25) is 0 Å². The number of carbonyl (C=O) groups is 1. The summed E-state index contributed by atoms with van der Waals surface area (Å²) in [7, 11) is 6.09. The van der Waals surface area contributed by atoms with E-state index in [0.717, 1.165) is 47.4 Å². The molecule has 3 aromatic rings. The Morgan fingerprint density at radius 3 is 2.93 bits per heavy atom. The van der Waals surface area contributed by atoms with Gasteiger partial charge >= 0.3 is 0 Å². The van der Waals surface area contributed by atoms with E-state index >= 15 is 0 Å². The maximum atomic E-state index is 12.1. The second-order valence-electron chi connectivity index (χ2n) is 8.05. The normalized spacial score (nSPS) is 16.7. The number of hydrogen-bond acceptors (Lipinski definition) is 6. The fourth-order valence-electron chi connectivity index (χ4n) is 4.29. The Labute approximate surface area is 175 Å². The topological polar surface area (TPSA) is 98.1 Å². The first-order chi connectivity index (χ1) is 14.4. The standard InChI is InChI=1S/C21H28N8O/c1-5-16(30)28-7-6-14(11-28)19-17(15-10-25-29(12-15)9-8-26(2)3)18-20(22)23-13-24-21(18)27(19)4/h5,10,12-14H,1,6-9,11H2,2-4H3,(H2,22,23,24). The Morgan fingerprint density at radius 2 is 2.20 bits per heavy atom. The summed E-state index contributed by atoms with van der Waals surface area (Å²) in [5.41, 5.74) is 10.2. The van der Waals surface area contributed by atoms with Crippen LogP contribution in [0.15, 0.2) is 31.4 Å². The number of nitrogens with two attached hydrogens (primary N) is 1. The molecule has 0 saturated carbocycles. The van der Waals surface area contributed by atoms with Crippen molar-refractivity contribution in [3.63, 3.8) is 0 Å². The van der Waals surface area contributed by atoms with Crippen molar-refractivity contribution < 1.29 is 4.79 Å². The Balaban J connectivity index is 1.81.